The molecule has 1 rings (SSSR count). The molecule has 19 heavy (non-hydrogen) atoms. The van der Waals surface area contributed by atoms with Crippen molar-refractivity contribution in [2.75, 3.05) is 18.1 Å². The van der Waals surface area contributed by atoms with Crippen LogP contribution in [0.2, 0.25) is 5.02 Å². The summed E-state index contributed by atoms with van der Waals surface area (Å²) in [7, 11) is 0. The Balaban J connectivity index is 2.38. The van der Waals surface area contributed by atoms with Gasteiger partial charge in [-0.3, -0.25) is 4.79 Å². The van der Waals surface area contributed by atoms with Gasteiger partial charge in [0.25, 0.3) is 0 Å². The van der Waals surface area contributed by atoms with E-state index in [2.05, 4.69) is 12.2 Å². The van der Waals surface area contributed by atoms with Gasteiger partial charge in [-0.15, -0.1) is 0 Å². The van der Waals surface area contributed by atoms with E-state index in [-0.39, 0.29) is 11.9 Å². The molecule has 2 unspecified atom stereocenters. The number of amides is 1. The zero-order chi connectivity index (χ0) is 14.3. The van der Waals surface area contributed by atoms with Crippen LogP contribution in [0.15, 0.2) is 24.3 Å². The molecule has 0 aliphatic carbocycles. The molecule has 106 valence electrons. The van der Waals surface area contributed by atoms with Crippen LogP contribution in [-0.4, -0.2) is 24.0 Å². The maximum atomic E-state index is 11.8. The normalized spacial score (nSPS) is 13.9. The first-order chi connectivity index (χ1) is 9.04. The molecule has 0 radical (unpaired) electrons. The zero-order valence-corrected chi connectivity index (χ0v) is 12.9. The van der Waals surface area contributed by atoms with E-state index in [4.69, 9.17) is 17.3 Å². The third kappa shape index (κ3) is 5.85. The lowest BCUT2D eigenvalue weighted by atomic mass is 10.1. The Kier molecular flexibility index (Phi) is 7.28. The number of hydrogen-bond acceptors (Lipinski definition) is 3. The van der Waals surface area contributed by atoms with Crippen molar-refractivity contribution in [1.82, 2.24) is 5.32 Å². The third-order valence-electron chi connectivity index (χ3n) is 2.79. The highest BCUT2D eigenvalue weighted by Gasteiger charge is 2.12. The Hall–Kier alpha value is -0.710. The fourth-order valence-electron chi connectivity index (χ4n) is 1.61. The number of carbonyl (C=O) groups excluding carboxylic acids is 1. The molecule has 0 fully saturated rings. The van der Waals surface area contributed by atoms with Gasteiger partial charge in [-0.05, 0) is 36.8 Å². The second-order valence-electron chi connectivity index (χ2n) is 4.67. The zero-order valence-electron chi connectivity index (χ0n) is 11.4. The van der Waals surface area contributed by atoms with Gasteiger partial charge in [-0.25, -0.2) is 0 Å². The van der Waals surface area contributed by atoms with Crippen LogP contribution in [0.4, 0.5) is 0 Å². The summed E-state index contributed by atoms with van der Waals surface area (Å²) in [5.74, 6) is 1.84. The Morgan fingerprint density at radius 1 is 1.42 bits per heavy atom. The van der Waals surface area contributed by atoms with E-state index in [1.807, 2.05) is 31.2 Å². The van der Waals surface area contributed by atoms with E-state index in [0.717, 1.165) is 11.3 Å². The maximum absolute atomic E-state index is 11.8. The topological polar surface area (TPSA) is 55.1 Å². The number of hydrogen-bond donors (Lipinski definition) is 2. The van der Waals surface area contributed by atoms with E-state index >= 15 is 0 Å². The van der Waals surface area contributed by atoms with E-state index in [9.17, 15) is 4.79 Å². The largest absolute Gasteiger partial charge is 0.349 e. The molecule has 1 amide bonds. The number of benzene rings is 1. The van der Waals surface area contributed by atoms with Gasteiger partial charge in [0.05, 0.1) is 11.8 Å². The van der Waals surface area contributed by atoms with E-state index < -0.39 is 0 Å². The van der Waals surface area contributed by atoms with Crippen LogP contribution < -0.4 is 11.1 Å². The van der Waals surface area contributed by atoms with Crippen LogP contribution >= 0.6 is 23.4 Å². The number of rotatable bonds is 7. The molecule has 0 heterocycles. The quantitative estimate of drug-likeness (QED) is 0.814. The third-order valence-corrected chi connectivity index (χ3v) is 4.40. The monoisotopic (exact) mass is 300 g/mol. The molecule has 0 saturated heterocycles. The average Bonchev–Trinajstić information content (AvgIpc) is 2.38. The predicted octanol–water partition coefficient (Wildman–Crippen LogP) is 2.85. The number of thioether (sulfide) groups is 1. The first-order valence-corrected chi connectivity index (χ1v) is 7.89. The summed E-state index contributed by atoms with van der Waals surface area (Å²) in [5, 5.41) is 3.63. The van der Waals surface area contributed by atoms with E-state index in [1.54, 1.807) is 11.8 Å². The summed E-state index contributed by atoms with van der Waals surface area (Å²) in [6.07, 6.45) is 0. The van der Waals surface area contributed by atoms with Gasteiger partial charge in [0, 0.05) is 5.02 Å². The lowest BCUT2D eigenvalue weighted by Gasteiger charge is -2.16. The van der Waals surface area contributed by atoms with Crippen molar-refractivity contribution in [1.29, 1.82) is 0 Å². The molecule has 3 N–H and O–H groups in total. The van der Waals surface area contributed by atoms with Crippen molar-refractivity contribution in [3.8, 4) is 0 Å². The second kappa shape index (κ2) is 8.46. The molecule has 0 aliphatic heterocycles. The van der Waals surface area contributed by atoms with Crippen molar-refractivity contribution >= 4 is 29.3 Å². The first-order valence-electron chi connectivity index (χ1n) is 6.36. The van der Waals surface area contributed by atoms with E-state index in [0.29, 0.717) is 23.2 Å². The minimum Gasteiger partial charge on any atom is -0.349 e. The first kappa shape index (κ1) is 16.3. The highest BCUT2D eigenvalue weighted by molar-refractivity contribution is 7.99. The minimum atomic E-state index is -0.0752. The number of carbonyl (C=O) groups is 1. The minimum absolute atomic E-state index is 0.0293. The molecule has 1 aromatic rings. The smallest absolute Gasteiger partial charge is 0.230 e. The van der Waals surface area contributed by atoms with Crippen LogP contribution in [-0.2, 0) is 4.79 Å². The van der Waals surface area contributed by atoms with Crippen LogP contribution in [0.25, 0.3) is 0 Å². The fraction of sp³-hybridized carbons (Fsp3) is 0.500. The van der Waals surface area contributed by atoms with Gasteiger partial charge in [0.2, 0.25) is 5.91 Å². The molecule has 3 nitrogen and oxygen atoms in total. The summed E-state index contributed by atoms with van der Waals surface area (Å²) < 4.78 is 0. The lowest BCUT2D eigenvalue weighted by Crippen LogP contribution is -2.28. The SMILES string of the molecule is CC(CN)CSCC(=O)NC(C)c1ccccc1Cl. The Labute approximate surface area is 124 Å². The highest BCUT2D eigenvalue weighted by Crippen LogP contribution is 2.22. The van der Waals surface area contributed by atoms with Crippen LogP contribution in [0.3, 0.4) is 0 Å². The molecule has 2 atom stereocenters. The van der Waals surface area contributed by atoms with Gasteiger partial charge in [0.15, 0.2) is 0 Å². The van der Waals surface area contributed by atoms with Gasteiger partial charge in [-0.2, -0.15) is 11.8 Å². The molecule has 0 bridgehead atoms. The molecule has 0 saturated carbocycles. The molecule has 0 aliphatic rings. The Morgan fingerprint density at radius 3 is 2.74 bits per heavy atom. The molecular formula is C14H21ClN2OS. The summed E-state index contributed by atoms with van der Waals surface area (Å²) >= 11 is 7.71. The van der Waals surface area contributed by atoms with Crippen molar-refractivity contribution in [2.45, 2.75) is 19.9 Å². The van der Waals surface area contributed by atoms with Crippen molar-refractivity contribution < 1.29 is 4.79 Å². The summed E-state index contributed by atoms with van der Waals surface area (Å²) in [5.41, 5.74) is 6.48. The lowest BCUT2D eigenvalue weighted by molar-refractivity contribution is -0.119. The van der Waals surface area contributed by atoms with Gasteiger partial charge < -0.3 is 11.1 Å². The maximum Gasteiger partial charge on any atom is 0.230 e. The molecule has 1 aromatic carbocycles. The van der Waals surface area contributed by atoms with Crippen molar-refractivity contribution in [3.05, 3.63) is 34.9 Å². The fourth-order valence-corrected chi connectivity index (χ4v) is 2.83. The van der Waals surface area contributed by atoms with Crippen LogP contribution in [0.1, 0.15) is 25.5 Å². The molecular weight excluding hydrogens is 280 g/mol. The van der Waals surface area contributed by atoms with E-state index in [1.165, 1.54) is 0 Å². The van der Waals surface area contributed by atoms with Crippen molar-refractivity contribution in [2.24, 2.45) is 11.7 Å². The Morgan fingerprint density at radius 2 is 2.11 bits per heavy atom. The summed E-state index contributed by atoms with van der Waals surface area (Å²) in [4.78, 5) is 11.8. The van der Waals surface area contributed by atoms with Crippen molar-refractivity contribution in [3.63, 3.8) is 0 Å². The van der Waals surface area contributed by atoms with Gasteiger partial charge in [0.1, 0.15) is 0 Å². The second-order valence-corrected chi connectivity index (χ2v) is 6.10. The average molecular weight is 301 g/mol. The van der Waals surface area contributed by atoms with Gasteiger partial charge in [-0.1, -0.05) is 36.7 Å². The molecule has 5 heteroatoms. The molecule has 0 aromatic heterocycles. The van der Waals surface area contributed by atoms with Crippen LogP contribution in [0, 0.1) is 5.92 Å². The molecule has 0 spiro atoms. The summed E-state index contributed by atoms with van der Waals surface area (Å²) in [6, 6.07) is 7.48. The van der Waals surface area contributed by atoms with Crippen LogP contribution in [0.5, 0.6) is 0 Å². The predicted molar refractivity (Wildman–Crippen MR) is 83.6 cm³/mol. The van der Waals surface area contributed by atoms with Gasteiger partial charge >= 0.3 is 0 Å². The highest BCUT2D eigenvalue weighted by atomic mass is 35.5. The standard InChI is InChI=1S/C14H21ClN2OS/c1-10(7-16)8-19-9-14(18)17-11(2)12-5-3-4-6-13(12)15/h3-6,10-11H,7-9,16H2,1-2H3,(H,17,18). The number of halogens is 1. The number of nitrogens with one attached hydrogen (secondary N) is 1. The summed E-state index contributed by atoms with van der Waals surface area (Å²) in [6.45, 7) is 4.67. The Bertz CT molecular complexity index is 414. The number of nitrogens with two attached hydrogens (primary N) is 1.